The third kappa shape index (κ3) is 5.32. The molecule has 0 aliphatic heterocycles. The van der Waals surface area contributed by atoms with Gasteiger partial charge in [0.25, 0.3) is 0 Å². The molecule has 5 rings (SSSR count). The maximum absolute atomic E-state index is 12.2. The third-order valence-corrected chi connectivity index (χ3v) is 7.09. The molecular weight excluding hydrogens is 508 g/mol. The first kappa shape index (κ1) is 27.4. The van der Waals surface area contributed by atoms with Gasteiger partial charge in [-0.1, -0.05) is 110 Å². The summed E-state index contributed by atoms with van der Waals surface area (Å²) in [5.74, 6) is -0.0746. The van der Waals surface area contributed by atoms with Gasteiger partial charge in [-0.3, -0.25) is 0 Å². The number of fused-ring (bicyclic) bond motifs is 1. The lowest BCUT2D eigenvalue weighted by molar-refractivity contribution is -0.130. The number of hydrogen-bond acceptors (Lipinski definition) is 4. The van der Waals surface area contributed by atoms with Crippen molar-refractivity contribution in [2.45, 2.75) is 19.3 Å². The minimum Gasteiger partial charge on any atom is -0.423 e. The lowest BCUT2D eigenvalue weighted by Gasteiger charge is -2.37. The first-order chi connectivity index (χ1) is 19.8. The second-order valence-electron chi connectivity index (χ2n) is 10.0. The maximum Gasteiger partial charge on any atom is 0.338 e. The minimum absolute atomic E-state index is 0.330. The number of esters is 2. The fourth-order valence-electron chi connectivity index (χ4n) is 5.14. The summed E-state index contributed by atoms with van der Waals surface area (Å²) in [6.07, 6.45) is 0. The third-order valence-electron chi connectivity index (χ3n) is 7.09. The Hall–Kier alpha value is -5.22. The predicted octanol–water partition coefficient (Wildman–Crippen LogP) is 8.19. The van der Waals surface area contributed by atoms with Crippen LogP contribution >= 0.6 is 0 Å². The van der Waals surface area contributed by atoms with Crippen molar-refractivity contribution in [1.82, 2.24) is 0 Å². The predicted molar refractivity (Wildman–Crippen MR) is 163 cm³/mol. The molecule has 0 atom stereocenters. The van der Waals surface area contributed by atoms with Gasteiger partial charge in [-0.2, -0.15) is 0 Å². The van der Waals surface area contributed by atoms with Crippen LogP contribution in [0.2, 0.25) is 0 Å². The van der Waals surface area contributed by atoms with Gasteiger partial charge in [-0.05, 0) is 71.1 Å². The summed E-state index contributed by atoms with van der Waals surface area (Å²) in [5, 5.41) is 2.22. The molecule has 202 valence electrons. The van der Waals surface area contributed by atoms with Crippen molar-refractivity contribution in [3.63, 3.8) is 0 Å². The smallest absolute Gasteiger partial charge is 0.338 e. The summed E-state index contributed by atoms with van der Waals surface area (Å²) in [4.78, 5) is 24.4. The molecule has 0 aliphatic carbocycles. The van der Waals surface area contributed by atoms with Gasteiger partial charge in [-0.25, -0.2) is 9.59 Å². The van der Waals surface area contributed by atoms with E-state index in [0.29, 0.717) is 22.6 Å². The van der Waals surface area contributed by atoms with E-state index in [1.165, 1.54) is 0 Å². The Morgan fingerprint density at radius 3 is 1.49 bits per heavy atom. The van der Waals surface area contributed by atoms with Crippen molar-refractivity contribution in [3.8, 4) is 11.5 Å². The van der Waals surface area contributed by atoms with Crippen LogP contribution < -0.4 is 9.47 Å². The van der Waals surface area contributed by atoms with Crippen molar-refractivity contribution < 1.29 is 19.1 Å². The molecule has 0 saturated carbocycles. The SMILES string of the molecule is C=C(C)C(=O)Oc1ccc(C(c2ccccc2)(c2ccc(OC(=O)C(=C)C)cc2)c2cccc3ccccc23)cc1. The number of carbonyl (C=O) groups excluding carboxylic acids is 2. The number of rotatable bonds is 8. The maximum atomic E-state index is 12.2. The Morgan fingerprint density at radius 1 is 0.537 bits per heavy atom. The quantitative estimate of drug-likeness (QED) is 0.0865. The zero-order valence-corrected chi connectivity index (χ0v) is 23.1. The van der Waals surface area contributed by atoms with Gasteiger partial charge >= 0.3 is 11.9 Å². The van der Waals surface area contributed by atoms with E-state index in [1.807, 2.05) is 78.9 Å². The number of benzene rings is 5. The molecule has 0 saturated heterocycles. The van der Waals surface area contributed by atoms with Crippen LogP contribution in [0.4, 0.5) is 0 Å². The molecule has 0 aromatic heterocycles. The standard InChI is InChI=1S/C37H30O4/c1-25(2)35(38)40-31-21-17-29(18-22-31)37(28-13-6-5-7-14-28,34-16-10-12-27-11-8-9-15-33(27)34)30-19-23-32(24-20-30)41-36(39)26(3)4/h5-24H,1,3H2,2,4H3. The summed E-state index contributed by atoms with van der Waals surface area (Å²) in [7, 11) is 0. The van der Waals surface area contributed by atoms with Gasteiger partial charge in [0.05, 0.1) is 5.41 Å². The van der Waals surface area contributed by atoms with Crippen LogP contribution in [0.15, 0.2) is 146 Å². The van der Waals surface area contributed by atoms with Gasteiger partial charge in [-0.15, -0.1) is 0 Å². The Morgan fingerprint density at radius 2 is 0.976 bits per heavy atom. The molecule has 0 heterocycles. The lowest BCUT2D eigenvalue weighted by Crippen LogP contribution is -2.31. The van der Waals surface area contributed by atoms with E-state index in [-0.39, 0.29) is 0 Å². The first-order valence-electron chi connectivity index (χ1n) is 13.3. The van der Waals surface area contributed by atoms with E-state index in [2.05, 4.69) is 55.6 Å². The molecule has 0 aliphatic rings. The highest BCUT2D eigenvalue weighted by Crippen LogP contribution is 2.48. The highest BCUT2D eigenvalue weighted by molar-refractivity contribution is 5.90. The Bertz CT molecular complexity index is 1670. The molecular formula is C37H30O4. The van der Waals surface area contributed by atoms with Crippen LogP contribution in [0.1, 0.15) is 36.1 Å². The largest absolute Gasteiger partial charge is 0.423 e. The van der Waals surface area contributed by atoms with Gasteiger partial charge in [0.2, 0.25) is 0 Å². The van der Waals surface area contributed by atoms with Crippen LogP contribution in [0.3, 0.4) is 0 Å². The first-order valence-corrected chi connectivity index (χ1v) is 13.3. The highest BCUT2D eigenvalue weighted by Gasteiger charge is 2.39. The number of ether oxygens (including phenoxy) is 2. The monoisotopic (exact) mass is 538 g/mol. The summed E-state index contributed by atoms with van der Waals surface area (Å²) < 4.78 is 11.0. The molecule has 5 aromatic carbocycles. The van der Waals surface area contributed by atoms with Crippen molar-refractivity contribution >= 4 is 22.7 Å². The molecule has 0 bridgehead atoms. The van der Waals surface area contributed by atoms with E-state index in [9.17, 15) is 9.59 Å². The van der Waals surface area contributed by atoms with Gasteiger partial charge < -0.3 is 9.47 Å². The highest BCUT2D eigenvalue weighted by atomic mass is 16.5. The van der Waals surface area contributed by atoms with Crippen molar-refractivity contribution in [2.75, 3.05) is 0 Å². The second-order valence-corrected chi connectivity index (χ2v) is 10.0. The van der Waals surface area contributed by atoms with E-state index in [4.69, 9.17) is 9.47 Å². The average Bonchev–Trinajstić information content (AvgIpc) is 2.99. The fourth-order valence-corrected chi connectivity index (χ4v) is 5.14. The van der Waals surface area contributed by atoms with E-state index < -0.39 is 17.4 Å². The Labute approximate surface area is 240 Å². The molecule has 0 fully saturated rings. The summed E-state index contributed by atoms with van der Waals surface area (Å²) in [5.41, 5.74) is 3.97. The molecule has 41 heavy (non-hydrogen) atoms. The van der Waals surface area contributed by atoms with Crippen LogP contribution in [0, 0.1) is 0 Å². The summed E-state index contributed by atoms with van der Waals surface area (Å²) in [6.45, 7) is 10.6. The second kappa shape index (κ2) is 11.5. The molecule has 5 aromatic rings. The normalized spacial score (nSPS) is 11.1. The van der Waals surface area contributed by atoms with E-state index >= 15 is 0 Å². The fraction of sp³-hybridized carbons (Fsp3) is 0.0811. The summed E-state index contributed by atoms with van der Waals surface area (Å²) >= 11 is 0. The number of hydrogen-bond donors (Lipinski definition) is 0. The number of carbonyl (C=O) groups is 2. The van der Waals surface area contributed by atoms with Crippen LogP contribution in [-0.4, -0.2) is 11.9 Å². The van der Waals surface area contributed by atoms with Crippen molar-refractivity contribution in [3.05, 3.63) is 168 Å². The Kier molecular flexibility index (Phi) is 7.66. The molecule has 0 radical (unpaired) electrons. The van der Waals surface area contributed by atoms with Crippen molar-refractivity contribution in [2.24, 2.45) is 0 Å². The van der Waals surface area contributed by atoms with E-state index in [1.54, 1.807) is 13.8 Å². The zero-order valence-electron chi connectivity index (χ0n) is 23.1. The molecule has 4 heteroatoms. The molecule has 0 spiro atoms. The van der Waals surface area contributed by atoms with Gasteiger partial charge in [0.1, 0.15) is 11.5 Å². The van der Waals surface area contributed by atoms with E-state index in [0.717, 1.165) is 33.0 Å². The topological polar surface area (TPSA) is 52.6 Å². The molecule has 0 unspecified atom stereocenters. The molecule has 0 amide bonds. The summed E-state index contributed by atoms with van der Waals surface area (Å²) in [6, 6.07) is 40.1. The van der Waals surface area contributed by atoms with Gasteiger partial charge in [0, 0.05) is 11.1 Å². The van der Waals surface area contributed by atoms with Gasteiger partial charge in [0.15, 0.2) is 0 Å². The lowest BCUT2D eigenvalue weighted by atomic mass is 9.64. The molecule has 0 N–H and O–H groups in total. The zero-order chi connectivity index (χ0) is 29.0. The van der Waals surface area contributed by atoms with Crippen molar-refractivity contribution in [1.29, 1.82) is 0 Å². The average molecular weight is 539 g/mol. The van der Waals surface area contributed by atoms with Crippen LogP contribution in [0.25, 0.3) is 10.8 Å². The molecule has 4 nitrogen and oxygen atoms in total. The minimum atomic E-state index is -0.768. The Balaban J connectivity index is 1.78. The van der Waals surface area contributed by atoms with Crippen LogP contribution in [-0.2, 0) is 15.0 Å². The van der Waals surface area contributed by atoms with Crippen LogP contribution in [0.5, 0.6) is 11.5 Å².